The highest BCUT2D eigenvalue weighted by Crippen LogP contribution is 2.50. The number of anilines is 2. The molecule has 0 saturated carbocycles. The van der Waals surface area contributed by atoms with Crippen molar-refractivity contribution in [1.29, 1.82) is 0 Å². The molecule has 3 fully saturated rings. The van der Waals surface area contributed by atoms with Gasteiger partial charge >= 0.3 is 6.03 Å². The molecule has 0 radical (unpaired) electrons. The van der Waals surface area contributed by atoms with Gasteiger partial charge in [0.2, 0.25) is 17.4 Å². The van der Waals surface area contributed by atoms with E-state index in [1.807, 2.05) is 37.3 Å². The van der Waals surface area contributed by atoms with E-state index >= 15 is 4.39 Å². The molecule has 3 aromatic rings. The fourth-order valence-electron chi connectivity index (χ4n) is 6.87. The van der Waals surface area contributed by atoms with Crippen molar-refractivity contribution in [3.8, 4) is 0 Å². The van der Waals surface area contributed by atoms with Crippen molar-refractivity contribution >= 4 is 57.3 Å². The third-order valence-electron chi connectivity index (χ3n) is 8.45. The second-order valence-electron chi connectivity index (χ2n) is 11.0. The lowest BCUT2D eigenvalue weighted by Gasteiger charge is -2.55. The molecule has 3 saturated heterocycles. The summed E-state index contributed by atoms with van der Waals surface area (Å²) in [6.45, 7) is 3.75. The van der Waals surface area contributed by atoms with Gasteiger partial charge in [0.25, 0.3) is 5.24 Å². The zero-order chi connectivity index (χ0) is 28.6. The van der Waals surface area contributed by atoms with Crippen molar-refractivity contribution < 1.29 is 32.8 Å². The lowest BCUT2D eigenvalue weighted by atomic mass is 9.66. The number of imide groups is 2. The number of morpholine rings is 1. The summed E-state index contributed by atoms with van der Waals surface area (Å²) >= 11 is 1.16. The lowest BCUT2D eigenvalue weighted by Crippen LogP contribution is -2.75. The van der Waals surface area contributed by atoms with Crippen molar-refractivity contribution in [2.75, 3.05) is 22.1 Å². The number of barbiturate groups is 1. The van der Waals surface area contributed by atoms with Crippen LogP contribution in [-0.2, 0) is 27.2 Å². The zero-order valence-corrected chi connectivity index (χ0v) is 23.0. The highest BCUT2D eigenvalue weighted by Gasteiger charge is 2.63. The second-order valence-corrected chi connectivity index (χ2v) is 12.0. The highest BCUT2D eigenvalue weighted by molar-refractivity contribution is 8.14. The summed E-state index contributed by atoms with van der Waals surface area (Å²) in [7, 11) is 0. The van der Waals surface area contributed by atoms with Crippen molar-refractivity contribution in [1.82, 2.24) is 15.8 Å². The summed E-state index contributed by atoms with van der Waals surface area (Å²) in [6.07, 6.45) is -0.595. The van der Waals surface area contributed by atoms with E-state index in [9.17, 15) is 19.2 Å². The summed E-state index contributed by atoms with van der Waals surface area (Å²) in [5, 5.41) is 8.67. The number of hydrogen-bond donors (Lipinski definition) is 2. The molecule has 2 N–H and O–H groups in total. The molecule has 2 aromatic carbocycles. The van der Waals surface area contributed by atoms with E-state index in [0.717, 1.165) is 17.3 Å². The van der Waals surface area contributed by atoms with E-state index in [4.69, 9.17) is 9.26 Å². The van der Waals surface area contributed by atoms with Crippen molar-refractivity contribution in [2.45, 2.75) is 51.0 Å². The summed E-state index contributed by atoms with van der Waals surface area (Å²) in [5.41, 5.74) is -0.265. The van der Waals surface area contributed by atoms with Gasteiger partial charge in [-0.2, -0.15) is 0 Å². The predicted molar refractivity (Wildman–Crippen MR) is 147 cm³/mol. The normalized spacial score (nSPS) is 27.2. The minimum absolute atomic E-state index is 0.115. The van der Waals surface area contributed by atoms with Crippen LogP contribution in [0.5, 0.6) is 0 Å². The van der Waals surface area contributed by atoms with Gasteiger partial charge in [-0.05, 0) is 37.5 Å². The molecule has 5 heterocycles. The molecule has 1 spiro atoms. The van der Waals surface area contributed by atoms with Crippen LogP contribution in [-0.4, -0.2) is 64.8 Å². The van der Waals surface area contributed by atoms with Crippen molar-refractivity contribution in [3.05, 3.63) is 53.3 Å². The molecule has 1 unspecified atom stereocenters. The molecule has 212 valence electrons. The first kappa shape index (κ1) is 26.0. The van der Waals surface area contributed by atoms with Crippen LogP contribution in [0, 0.1) is 11.2 Å². The molecule has 41 heavy (non-hydrogen) atoms. The van der Waals surface area contributed by atoms with Crippen LogP contribution in [0.25, 0.3) is 11.0 Å². The summed E-state index contributed by atoms with van der Waals surface area (Å²) < 4.78 is 28.0. The maximum Gasteiger partial charge on any atom is 0.328 e. The van der Waals surface area contributed by atoms with E-state index in [-0.39, 0.29) is 52.8 Å². The molecule has 1 aromatic heterocycles. The number of nitrogens with one attached hydrogen (secondary N) is 2. The summed E-state index contributed by atoms with van der Waals surface area (Å²) in [5.74, 6) is -1.51. The Hall–Kier alpha value is -3.97. The second kappa shape index (κ2) is 9.28. The monoisotopic (exact) mass is 579 g/mol. The van der Waals surface area contributed by atoms with E-state index in [0.29, 0.717) is 17.7 Å². The molecule has 7 rings (SSSR count). The number of thioether (sulfide) groups is 1. The maximum absolute atomic E-state index is 16.4. The molecular formula is C28H26FN5O6S. The Morgan fingerprint density at radius 3 is 2.59 bits per heavy atom. The average Bonchev–Trinajstić information content (AvgIpc) is 3.50. The summed E-state index contributed by atoms with van der Waals surface area (Å²) in [6, 6.07) is 9.36. The average molecular weight is 580 g/mol. The predicted octanol–water partition coefficient (Wildman–Crippen LogP) is 3.14. The van der Waals surface area contributed by atoms with E-state index in [1.54, 1.807) is 17.9 Å². The molecule has 0 bridgehead atoms. The molecule has 4 aliphatic heterocycles. The zero-order valence-electron chi connectivity index (χ0n) is 22.2. The molecular weight excluding hydrogens is 553 g/mol. The first-order valence-electron chi connectivity index (χ1n) is 13.4. The molecule has 11 nitrogen and oxygen atoms in total. The number of aromatic nitrogens is 1. The molecule has 4 atom stereocenters. The van der Waals surface area contributed by atoms with Gasteiger partial charge in [-0.25, -0.2) is 9.18 Å². The van der Waals surface area contributed by atoms with Crippen LogP contribution < -0.4 is 20.4 Å². The van der Waals surface area contributed by atoms with Crippen LogP contribution >= 0.6 is 11.8 Å². The van der Waals surface area contributed by atoms with E-state index < -0.39 is 41.2 Å². The molecule has 13 heteroatoms. The number of nitrogens with zero attached hydrogens (tertiary/aromatic N) is 3. The minimum Gasteiger partial charge on any atom is -0.372 e. The number of amides is 5. The van der Waals surface area contributed by atoms with Gasteiger partial charge in [-0.3, -0.25) is 29.9 Å². The lowest BCUT2D eigenvalue weighted by molar-refractivity contribution is -0.153. The Balaban J connectivity index is 1.37. The van der Waals surface area contributed by atoms with Crippen molar-refractivity contribution in [2.24, 2.45) is 5.41 Å². The number of halogens is 1. The first-order chi connectivity index (χ1) is 19.7. The highest BCUT2D eigenvalue weighted by atomic mass is 32.2. The smallest absolute Gasteiger partial charge is 0.328 e. The quantitative estimate of drug-likeness (QED) is 0.449. The molecule has 4 aliphatic rings. The Kier molecular flexibility index (Phi) is 5.88. The fraction of sp³-hybridized carbons (Fsp3) is 0.393. The fourth-order valence-corrected chi connectivity index (χ4v) is 7.84. The number of urea groups is 1. The molecule has 0 aliphatic carbocycles. The van der Waals surface area contributed by atoms with Crippen LogP contribution in [0.1, 0.15) is 25.0 Å². The van der Waals surface area contributed by atoms with Crippen LogP contribution in [0.15, 0.2) is 40.9 Å². The first-order valence-corrected chi connectivity index (χ1v) is 14.4. The number of rotatable bonds is 3. The number of carbonyl (C=O) groups is 4. The standard InChI is InChI=1S/C28H26FN5O6S/c1-13-11-33-20-16(10-28(22(33)14(2)39-13)24(35)30-26(37)31-25(28)36)9-18-21(19(20)29)40-32-23(18)34-17(12-41-27(34)38)8-15-6-4-3-5-7-15/h3-7,9,13-14,17,22H,8,10-12H2,1-2H3,(H2,30,31,35,36,37)/t13-,14+,17+,22?/m1/s1. The van der Waals surface area contributed by atoms with Crippen LogP contribution in [0.3, 0.4) is 0 Å². The SMILES string of the molecule is C[C@@H]1CN2c3c(cc4c(N5C(=O)SC[C@@H]5Cc5ccccc5)noc4c3F)CC3(C(=O)NC(=O)NC3=O)C2[C@H](C)O1. The number of ether oxygens (including phenoxy) is 1. The largest absolute Gasteiger partial charge is 0.372 e. The third-order valence-corrected chi connectivity index (χ3v) is 9.44. The van der Waals surface area contributed by atoms with Gasteiger partial charge in [0.15, 0.2) is 17.1 Å². The Morgan fingerprint density at radius 1 is 1.12 bits per heavy atom. The van der Waals surface area contributed by atoms with Crippen LogP contribution in [0.2, 0.25) is 0 Å². The number of carbonyl (C=O) groups excluding carboxylic acids is 4. The number of fused-ring (bicyclic) bond motifs is 5. The Labute approximate surface area is 237 Å². The molecule has 5 amide bonds. The topological polar surface area (TPSA) is 134 Å². The van der Waals surface area contributed by atoms with E-state index in [2.05, 4.69) is 15.8 Å². The maximum atomic E-state index is 16.4. The Bertz CT molecular complexity index is 1610. The van der Waals surface area contributed by atoms with Gasteiger partial charge in [0.1, 0.15) is 0 Å². The summed E-state index contributed by atoms with van der Waals surface area (Å²) in [4.78, 5) is 55.2. The van der Waals surface area contributed by atoms with Gasteiger partial charge in [-0.15, -0.1) is 0 Å². The van der Waals surface area contributed by atoms with Crippen LogP contribution in [0.4, 0.5) is 25.5 Å². The number of benzene rings is 2. The van der Waals surface area contributed by atoms with Crippen molar-refractivity contribution in [3.63, 3.8) is 0 Å². The van der Waals surface area contributed by atoms with Gasteiger partial charge < -0.3 is 14.2 Å². The van der Waals surface area contributed by atoms with E-state index in [1.165, 1.54) is 4.90 Å². The minimum atomic E-state index is -1.76. The van der Waals surface area contributed by atoms with Gasteiger partial charge in [0, 0.05) is 18.7 Å². The Morgan fingerprint density at radius 2 is 1.85 bits per heavy atom. The third kappa shape index (κ3) is 3.78. The van der Waals surface area contributed by atoms with Gasteiger partial charge in [-0.1, -0.05) is 47.3 Å². The number of hydrogen-bond acceptors (Lipinski definition) is 9. The van der Waals surface area contributed by atoms with Gasteiger partial charge in [0.05, 0.1) is 35.4 Å².